The molecule has 2 nitrogen and oxygen atoms in total. The third-order valence-corrected chi connectivity index (χ3v) is 3.17. The van der Waals surface area contributed by atoms with E-state index in [-0.39, 0.29) is 0 Å². The van der Waals surface area contributed by atoms with Crippen LogP contribution in [-0.2, 0) is 6.42 Å². The first-order chi connectivity index (χ1) is 6.83. The molecule has 0 aliphatic carbocycles. The fourth-order valence-electron chi connectivity index (χ4n) is 1.34. The maximum Gasteiger partial charge on any atom is 0.0940 e. The molecule has 0 radical (unpaired) electrons. The van der Waals surface area contributed by atoms with Gasteiger partial charge in [-0.2, -0.15) is 0 Å². The normalized spacial score (nSPS) is 10.7. The highest BCUT2D eigenvalue weighted by atomic mass is 32.1. The number of aromatic nitrogens is 1. The molecule has 0 aliphatic heterocycles. The van der Waals surface area contributed by atoms with Gasteiger partial charge in [-0.3, -0.25) is 0 Å². The van der Waals surface area contributed by atoms with Gasteiger partial charge in [0.2, 0.25) is 0 Å². The number of hydrogen-bond acceptors (Lipinski definition) is 3. The quantitative estimate of drug-likeness (QED) is 0.703. The molecule has 3 heteroatoms. The highest BCUT2D eigenvalue weighted by Crippen LogP contribution is 2.08. The molecule has 80 valence electrons. The van der Waals surface area contributed by atoms with Crippen molar-refractivity contribution in [3.05, 3.63) is 16.1 Å². The van der Waals surface area contributed by atoms with Crippen molar-refractivity contribution >= 4 is 11.3 Å². The second-order valence-electron chi connectivity index (χ2n) is 3.59. The molecule has 0 aliphatic rings. The Balaban J connectivity index is 1.99. The Labute approximate surface area is 90.8 Å². The Bertz CT molecular complexity index is 245. The zero-order valence-electron chi connectivity index (χ0n) is 9.18. The molecule has 0 saturated carbocycles. The number of unbranched alkanes of at least 4 members (excludes halogenated alkanes) is 2. The monoisotopic (exact) mass is 212 g/mol. The van der Waals surface area contributed by atoms with E-state index in [0.717, 1.165) is 25.2 Å². The summed E-state index contributed by atoms with van der Waals surface area (Å²) in [6, 6.07) is 0. The number of rotatable bonds is 7. The molecule has 1 heterocycles. The Morgan fingerprint density at radius 3 is 2.86 bits per heavy atom. The van der Waals surface area contributed by atoms with Crippen molar-refractivity contribution < 1.29 is 0 Å². The molecular weight excluding hydrogens is 192 g/mol. The molecule has 1 aromatic heterocycles. The second kappa shape index (κ2) is 6.96. The molecule has 0 atom stereocenters. The summed E-state index contributed by atoms with van der Waals surface area (Å²) in [5.74, 6) is 0. The summed E-state index contributed by atoms with van der Waals surface area (Å²) >= 11 is 1.77. The van der Waals surface area contributed by atoms with E-state index in [9.17, 15) is 0 Å². The molecule has 14 heavy (non-hydrogen) atoms. The van der Waals surface area contributed by atoms with E-state index in [4.69, 9.17) is 0 Å². The Hall–Kier alpha value is -0.410. The van der Waals surface area contributed by atoms with Crippen LogP contribution in [0.3, 0.4) is 0 Å². The summed E-state index contributed by atoms with van der Waals surface area (Å²) < 4.78 is 0. The highest BCUT2D eigenvalue weighted by Gasteiger charge is 1.97. The van der Waals surface area contributed by atoms with Gasteiger partial charge in [-0.1, -0.05) is 19.8 Å². The number of hydrogen-bond donors (Lipinski definition) is 1. The van der Waals surface area contributed by atoms with E-state index in [2.05, 4.69) is 29.5 Å². The van der Waals surface area contributed by atoms with Crippen LogP contribution in [-0.4, -0.2) is 18.1 Å². The highest BCUT2D eigenvalue weighted by molar-refractivity contribution is 7.09. The van der Waals surface area contributed by atoms with Crippen molar-refractivity contribution in [2.45, 2.75) is 39.5 Å². The lowest BCUT2D eigenvalue weighted by atomic mass is 10.2. The van der Waals surface area contributed by atoms with E-state index in [1.54, 1.807) is 11.3 Å². The zero-order valence-corrected chi connectivity index (χ0v) is 9.99. The summed E-state index contributed by atoms with van der Waals surface area (Å²) in [6.07, 6.45) is 5.01. The van der Waals surface area contributed by atoms with E-state index in [0.29, 0.717) is 0 Å². The minimum atomic E-state index is 1.07. The summed E-state index contributed by atoms with van der Waals surface area (Å²) in [5, 5.41) is 6.82. The van der Waals surface area contributed by atoms with Gasteiger partial charge in [0.1, 0.15) is 0 Å². The molecule has 0 saturated heterocycles. The lowest BCUT2D eigenvalue weighted by Crippen LogP contribution is -2.18. The molecule has 1 aromatic rings. The molecule has 0 amide bonds. The van der Waals surface area contributed by atoms with E-state index in [1.165, 1.54) is 24.3 Å². The topological polar surface area (TPSA) is 24.9 Å². The van der Waals surface area contributed by atoms with Crippen molar-refractivity contribution in [2.75, 3.05) is 13.1 Å². The lowest BCUT2D eigenvalue weighted by molar-refractivity contribution is 0.616. The van der Waals surface area contributed by atoms with E-state index < -0.39 is 0 Å². The predicted octanol–water partition coefficient (Wildman–Crippen LogP) is 2.77. The Kier molecular flexibility index (Phi) is 5.80. The SMILES string of the molecule is CCCCCNCCc1nc(C)cs1. The van der Waals surface area contributed by atoms with Gasteiger partial charge in [-0.05, 0) is 19.9 Å². The molecule has 0 spiro atoms. The average molecular weight is 212 g/mol. The first-order valence-corrected chi connectivity index (χ1v) is 6.32. The van der Waals surface area contributed by atoms with Crippen LogP contribution in [0, 0.1) is 6.92 Å². The van der Waals surface area contributed by atoms with Gasteiger partial charge < -0.3 is 5.32 Å². The maximum atomic E-state index is 4.42. The van der Waals surface area contributed by atoms with Crippen molar-refractivity contribution in [1.29, 1.82) is 0 Å². The average Bonchev–Trinajstić information content (AvgIpc) is 2.58. The number of nitrogens with one attached hydrogen (secondary N) is 1. The van der Waals surface area contributed by atoms with Gasteiger partial charge in [0.05, 0.1) is 5.01 Å². The summed E-state index contributed by atoms with van der Waals surface area (Å²) in [6.45, 7) is 6.50. The van der Waals surface area contributed by atoms with Gasteiger partial charge in [-0.25, -0.2) is 4.98 Å². The number of aryl methyl sites for hydroxylation is 1. The van der Waals surface area contributed by atoms with Crippen LogP contribution in [0.5, 0.6) is 0 Å². The lowest BCUT2D eigenvalue weighted by Gasteiger charge is -2.01. The minimum absolute atomic E-state index is 1.07. The fourth-order valence-corrected chi connectivity index (χ4v) is 2.11. The van der Waals surface area contributed by atoms with E-state index in [1.807, 2.05) is 0 Å². The van der Waals surface area contributed by atoms with Crippen LogP contribution in [0.1, 0.15) is 36.9 Å². The Morgan fingerprint density at radius 2 is 2.21 bits per heavy atom. The van der Waals surface area contributed by atoms with Gasteiger partial charge in [0.15, 0.2) is 0 Å². The van der Waals surface area contributed by atoms with Crippen LogP contribution in [0.15, 0.2) is 5.38 Å². The largest absolute Gasteiger partial charge is 0.316 e. The van der Waals surface area contributed by atoms with Crippen LogP contribution >= 0.6 is 11.3 Å². The van der Waals surface area contributed by atoms with Gasteiger partial charge >= 0.3 is 0 Å². The number of nitrogens with zero attached hydrogens (tertiary/aromatic N) is 1. The van der Waals surface area contributed by atoms with Crippen molar-refractivity contribution in [1.82, 2.24) is 10.3 Å². The predicted molar refractivity (Wildman–Crippen MR) is 62.9 cm³/mol. The van der Waals surface area contributed by atoms with Crippen LogP contribution in [0.2, 0.25) is 0 Å². The molecule has 0 aromatic carbocycles. The minimum Gasteiger partial charge on any atom is -0.316 e. The molecule has 0 unspecified atom stereocenters. The van der Waals surface area contributed by atoms with Gasteiger partial charge in [0.25, 0.3) is 0 Å². The van der Waals surface area contributed by atoms with Crippen LogP contribution < -0.4 is 5.32 Å². The van der Waals surface area contributed by atoms with Crippen molar-refractivity contribution in [3.8, 4) is 0 Å². The summed E-state index contributed by atoms with van der Waals surface area (Å²) in [5.41, 5.74) is 1.15. The van der Waals surface area contributed by atoms with Crippen LogP contribution in [0.4, 0.5) is 0 Å². The van der Waals surface area contributed by atoms with E-state index >= 15 is 0 Å². The smallest absolute Gasteiger partial charge is 0.0940 e. The molecule has 0 bridgehead atoms. The van der Waals surface area contributed by atoms with Crippen molar-refractivity contribution in [3.63, 3.8) is 0 Å². The third kappa shape index (κ3) is 4.72. The molecule has 1 rings (SSSR count). The van der Waals surface area contributed by atoms with Crippen molar-refractivity contribution in [2.24, 2.45) is 0 Å². The molecule has 0 fully saturated rings. The first-order valence-electron chi connectivity index (χ1n) is 5.44. The number of thiazole rings is 1. The first kappa shape index (κ1) is 11.7. The van der Waals surface area contributed by atoms with Crippen LogP contribution in [0.25, 0.3) is 0 Å². The zero-order chi connectivity index (χ0) is 10.2. The summed E-state index contributed by atoms with van der Waals surface area (Å²) in [7, 11) is 0. The maximum absolute atomic E-state index is 4.42. The van der Waals surface area contributed by atoms with Gasteiger partial charge in [-0.15, -0.1) is 11.3 Å². The Morgan fingerprint density at radius 1 is 1.36 bits per heavy atom. The molecule has 1 N–H and O–H groups in total. The third-order valence-electron chi connectivity index (χ3n) is 2.14. The fraction of sp³-hybridized carbons (Fsp3) is 0.727. The standard InChI is InChI=1S/C11H20N2S/c1-3-4-5-7-12-8-6-11-13-10(2)9-14-11/h9,12H,3-8H2,1-2H3. The molecular formula is C11H20N2S. The second-order valence-corrected chi connectivity index (χ2v) is 4.53. The van der Waals surface area contributed by atoms with Gasteiger partial charge in [0, 0.05) is 24.0 Å². The summed E-state index contributed by atoms with van der Waals surface area (Å²) in [4.78, 5) is 4.42.